The van der Waals surface area contributed by atoms with E-state index in [-0.39, 0.29) is 5.03 Å². The zero-order valence-corrected chi connectivity index (χ0v) is 20.0. The van der Waals surface area contributed by atoms with E-state index < -0.39 is 10.0 Å². The van der Waals surface area contributed by atoms with Crippen molar-refractivity contribution < 1.29 is 8.42 Å². The summed E-state index contributed by atoms with van der Waals surface area (Å²) < 4.78 is 31.5. The van der Waals surface area contributed by atoms with Crippen LogP contribution in [0.15, 0.2) is 72.2 Å². The van der Waals surface area contributed by atoms with Gasteiger partial charge in [0.15, 0.2) is 5.03 Å². The van der Waals surface area contributed by atoms with Crippen LogP contribution in [0.5, 0.6) is 0 Å². The minimum Gasteiger partial charge on any atom is -0.340 e. The molecule has 0 atom stereocenters. The molecule has 1 aliphatic heterocycles. The Balaban J connectivity index is 1.51. The maximum absolute atomic E-state index is 13.0. The number of sulfonamides is 1. The predicted molar refractivity (Wildman–Crippen MR) is 132 cm³/mol. The summed E-state index contributed by atoms with van der Waals surface area (Å²) in [7, 11) is -1.81. The van der Waals surface area contributed by atoms with Crippen LogP contribution in [0.25, 0.3) is 16.5 Å². The molecule has 7 heteroatoms. The first-order chi connectivity index (χ1) is 15.9. The van der Waals surface area contributed by atoms with Gasteiger partial charge in [0, 0.05) is 55.0 Å². The lowest BCUT2D eigenvalue weighted by Gasteiger charge is -2.25. The van der Waals surface area contributed by atoms with E-state index in [1.807, 2.05) is 0 Å². The standard InChI is InChI=1S/C26H28N4O2S/c1-19-8-4-5-9-22(19)16-30-20(2)26(23-10-6-7-11-24(23)30)21-12-14-29(15-13-21)33(31,32)25-17-28(3)18-27-25/h4-12,17-18H,13-16H2,1-3H3. The number of nitrogens with zero attached hydrogens (tertiary/aromatic N) is 4. The Morgan fingerprint density at radius 3 is 2.48 bits per heavy atom. The Morgan fingerprint density at radius 2 is 1.79 bits per heavy atom. The van der Waals surface area contributed by atoms with E-state index in [2.05, 4.69) is 78.0 Å². The van der Waals surface area contributed by atoms with E-state index in [0.717, 1.165) is 6.54 Å². The van der Waals surface area contributed by atoms with E-state index in [1.165, 1.54) is 49.5 Å². The Morgan fingerprint density at radius 1 is 1.03 bits per heavy atom. The molecule has 0 amide bonds. The normalized spacial score (nSPS) is 15.2. The molecule has 0 unspecified atom stereocenters. The smallest absolute Gasteiger partial charge is 0.262 e. The SMILES string of the molecule is Cc1ccccc1Cn1c(C)c(C2=CCN(S(=O)(=O)c3cn(C)cn3)CC2)c2ccccc21. The zero-order chi connectivity index (χ0) is 23.2. The second-order valence-corrected chi connectivity index (χ2v) is 10.6. The minimum atomic E-state index is -3.59. The van der Waals surface area contributed by atoms with Crippen LogP contribution >= 0.6 is 0 Å². The molecule has 0 saturated carbocycles. The average Bonchev–Trinajstić information content (AvgIpc) is 3.37. The number of hydrogen-bond acceptors (Lipinski definition) is 3. The number of rotatable bonds is 5. The molecule has 2 aromatic carbocycles. The summed E-state index contributed by atoms with van der Waals surface area (Å²) >= 11 is 0. The van der Waals surface area contributed by atoms with Crippen molar-refractivity contribution in [2.24, 2.45) is 7.05 Å². The molecule has 0 bridgehead atoms. The summed E-state index contributed by atoms with van der Waals surface area (Å²) in [5.41, 5.74) is 7.44. The quantitative estimate of drug-likeness (QED) is 0.440. The molecule has 4 aromatic rings. The van der Waals surface area contributed by atoms with Crippen molar-refractivity contribution in [3.63, 3.8) is 0 Å². The van der Waals surface area contributed by atoms with Gasteiger partial charge in [0.2, 0.25) is 0 Å². The van der Waals surface area contributed by atoms with Gasteiger partial charge < -0.3 is 9.13 Å². The molecule has 0 aliphatic carbocycles. The van der Waals surface area contributed by atoms with Crippen LogP contribution in [0.4, 0.5) is 0 Å². The van der Waals surface area contributed by atoms with E-state index in [9.17, 15) is 8.42 Å². The third-order valence-electron chi connectivity index (χ3n) is 6.60. The number of hydrogen-bond donors (Lipinski definition) is 0. The lowest BCUT2D eigenvalue weighted by Crippen LogP contribution is -2.35. The molecular formula is C26H28N4O2S. The van der Waals surface area contributed by atoms with Crippen molar-refractivity contribution in [3.05, 3.63) is 89.5 Å². The Labute approximate surface area is 194 Å². The fraction of sp³-hybridized carbons (Fsp3) is 0.269. The maximum Gasteiger partial charge on any atom is 0.262 e. The maximum atomic E-state index is 13.0. The first kappa shape index (κ1) is 21.7. The zero-order valence-electron chi connectivity index (χ0n) is 19.2. The van der Waals surface area contributed by atoms with Gasteiger partial charge in [-0.05, 0) is 43.0 Å². The number of aryl methyl sites for hydroxylation is 2. The van der Waals surface area contributed by atoms with E-state index in [4.69, 9.17) is 0 Å². The van der Waals surface area contributed by atoms with Gasteiger partial charge in [0.1, 0.15) is 0 Å². The van der Waals surface area contributed by atoms with Crippen molar-refractivity contribution in [2.45, 2.75) is 31.8 Å². The van der Waals surface area contributed by atoms with Crippen LogP contribution < -0.4 is 0 Å². The summed E-state index contributed by atoms with van der Waals surface area (Å²) in [5, 5.41) is 1.32. The molecule has 0 N–H and O–H groups in total. The topological polar surface area (TPSA) is 60.1 Å². The van der Waals surface area contributed by atoms with Crippen molar-refractivity contribution in [1.82, 2.24) is 18.4 Å². The molecule has 0 saturated heterocycles. The van der Waals surface area contributed by atoms with Crippen LogP contribution in [0.3, 0.4) is 0 Å². The molecule has 0 fully saturated rings. The fourth-order valence-corrected chi connectivity index (χ4v) is 6.09. The Hall–Kier alpha value is -3.16. The summed E-state index contributed by atoms with van der Waals surface area (Å²) in [6.07, 6.45) is 5.81. The van der Waals surface area contributed by atoms with Crippen LogP contribution in [0, 0.1) is 13.8 Å². The Kier molecular flexibility index (Phi) is 5.46. The van der Waals surface area contributed by atoms with Crippen molar-refractivity contribution in [1.29, 1.82) is 0 Å². The van der Waals surface area contributed by atoms with Crippen LogP contribution in [0.2, 0.25) is 0 Å². The summed E-state index contributed by atoms with van der Waals surface area (Å²) in [4.78, 5) is 4.05. The van der Waals surface area contributed by atoms with Gasteiger partial charge in [-0.3, -0.25) is 0 Å². The van der Waals surface area contributed by atoms with Gasteiger partial charge in [-0.1, -0.05) is 48.5 Å². The van der Waals surface area contributed by atoms with Crippen LogP contribution in [0.1, 0.15) is 28.8 Å². The van der Waals surface area contributed by atoms with E-state index in [1.54, 1.807) is 17.8 Å². The average molecular weight is 461 g/mol. The third kappa shape index (κ3) is 3.81. The number of fused-ring (bicyclic) bond motifs is 1. The van der Waals surface area contributed by atoms with Crippen LogP contribution in [-0.2, 0) is 23.6 Å². The number of imidazole rings is 1. The van der Waals surface area contributed by atoms with Gasteiger partial charge >= 0.3 is 0 Å². The molecule has 3 heterocycles. The largest absolute Gasteiger partial charge is 0.340 e. The molecule has 6 nitrogen and oxygen atoms in total. The molecule has 5 rings (SSSR count). The second-order valence-electron chi connectivity index (χ2n) is 8.71. The number of aromatic nitrogens is 3. The highest BCUT2D eigenvalue weighted by atomic mass is 32.2. The highest BCUT2D eigenvalue weighted by molar-refractivity contribution is 7.89. The molecule has 33 heavy (non-hydrogen) atoms. The molecule has 1 aliphatic rings. The second kappa shape index (κ2) is 8.32. The molecule has 170 valence electrons. The third-order valence-corrected chi connectivity index (χ3v) is 8.35. The first-order valence-electron chi connectivity index (χ1n) is 11.2. The Bertz CT molecular complexity index is 1480. The van der Waals surface area contributed by atoms with Gasteiger partial charge in [0.05, 0.1) is 6.33 Å². The minimum absolute atomic E-state index is 0.105. The summed E-state index contributed by atoms with van der Waals surface area (Å²) in [6, 6.07) is 17.0. The van der Waals surface area contributed by atoms with Gasteiger partial charge in [-0.15, -0.1) is 0 Å². The lowest BCUT2D eigenvalue weighted by atomic mass is 9.97. The van der Waals surface area contributed by atoms with E-state index in [0.29, 0.717) is 19.5 Å². The molecular weight excluding hydrogens is 432 g/mol. The highest BCUT2D eigenvalue weighted by Gasteiger charge is 2.29. The van der Waals surface area contributed by atoms with E-state index >= 15 is 0 Å². The molecule has 0 radical (unpaired) electrons. The monoisotopic (exact) mass is 460 g/mol. The highest BCUT2D eigenvalue weighted by Crippen LogP contribution is 2.35. The van der Waals surface area contributed by atoms with Gasteiger partial charge in [0.25, 0.3) is 10.0 Å². The van der Waals surface area contributed by atoms with Crippen molar-refractivity contribution in [3.8, 4) is 0 Å². The lowest BCUT2D eigenvalue weighted by molar-refractivity contribution is 0.439. The number of para-hydroxylation sites is 1. The van der Waals surface area contributed by atoms with Gasteiger partial charge in [-0.25, -0.2) is 13.4 Å². The van der Waals surface area contributed by atoms with Gasteiger partial charge in [-0.2, -0.15) is 4.31 Å². The molecule has 0 spiro atoms. The first-order valence-corrected chi connectivity index (χ1v) is 12.6. The van der Waals surface area contributed by atoms with Crippen molar-refractivity contribution >= 4 is 26.5 Å². The fourth-order valence-electron chi connectivity index (χ4n) is 4.75. The van der Waals surface area contributed by atoms with Crippen LogP contribution in [-0.4, -0.2) is 39.9 Å². The molecule has 2 aromatic heterocycles. The summed E-state index contributed by atoms with van der Waals surface area (Å²) in [6.45, 7) is 5.93. The summed E-state index contributed by atoms with van der Waals surface area (Å²) in [5.74, 6) is 0. The number of benzene rings is 2. The van der Waals surface area contributed by atoms with Crippen molar-refractivity contribution in [2.75, 3.05) is 13.1 Å². The predicted octanol–water partition coefficient (Wildman–Crippen LogP) is 4.52.